The highest BCUT2D eigenvalue weighted by molar-refractivity contribution is 5.89. The van der Waals surface area contributed by atoms with E-state index < -0.39 is 0 Å². The number of ether oxygens (including phenoxy) is 1. The van der Waals surface area contributed by atoms with Gasteiger partial charge in [0.2, 0.25) is 5.90 Å². The van der Waals surface area contributed by atoms with Gasteiger partial charge in [0.15, 0.2) is 0 Å². The van der Waals surface area contributed by atoms with Crippen LogP contribution in [-0.2, 0) is 11.2 Å². The van der Waals surface area contributed by atoms with E-state index in [4.69, 9.17) is 9.73 Å². The van der Waals surface area contributed by atoms with E-state index >= 15 is 0 Å². The minimum atomic E-state index is 0.238. The molecule has 168 valence electrons. The molecule has 2 heteroatoms. The molecule has 2 nitrogen and oxygen atoms in total. The maximum absolute atomic E-state index is 5.80. The number of benzene rings is 1. The molecule has 0 unspecified atom stereocenters. The summed E-state index contributed by atoms with van der Waals surface area (Å²) in [4.78, 5) is 4.75. The first-order valence-corrected chi connectivity index (χ1v) is 11.8. The second-order valence-electron chi connectivity index (χ2n) is 9.11. The van der Waals surface area contributed by atoms with Crippen LogP contribution in [0.2, 0.25) is 0 Å². The first kappa shape index (κ1) is 24.9. The maximum atomic E-state index is 5.80. The molecule has 0 saturated heterocycles. The predicted octanol–water partition coefficient (Wildman–Crippen LogP) is 8.17. The summed E-state index contributed by atoms with van der Waals surface area (Å²) in [6.07, 6.45) is 17.0. The first-order valence-electron chi connectivity index (χ1n) is 11.8. The van der Waals surface area contributed by atoms with Crippen molar-refractivity contribution in [1.82, 2.24) is 0 Å². The van der Waals surface area contributed by atoms with Gasteiger partial charge in [-0.05, 0) is 91.2 Å². The monoisotopic (exact) mass is 419 g/mol. The van der Waals surface area contributed by atoms with Gasteiger partial charge in [0.1, 0.15) is 6.61 Å². The van der Waals surface area contributed by atoms with E-state index in [9.17, 15) is 0 Å². The molecule has 0 aromatic heterocycles. The second-order valence-corrected chi connectivity index (χ2v) is 9.11. The lowest BCUT2D eigenvalue weighted by Crippen LogP contribution is -2.09. The summed E-state index contributed by atoms with van der Waals surface area (Å²) in [5, 5.41) is 0. The molecule has 2 rings (SSSR count). The predicted molar refractivity (Wildman–Crippen MR) is 136 cm³/mol. The Morgan fingerprint density at radius 3 is 2.03 bits per heavy atom. The molecule has 0 N–H and O–H groups in total. The zero-order chi connectivity index (χ0) is 22.5. The van der Waals surface area contributed by atoms with Crippen LogP contribution in [0.4, 0.5) is 0 Å². The molecular weight excluding hydrogens is 378 g/mol. The molecule has 1 aromatic rings. The van der Waals surface area contributed by atoms with E-state index in [1.165, 1.54) is 34.3 Å². The second kappa shape index (κ2) is 13.9. The normalized spacial score (nSPS) is 17.4. The molecule has 1 atom stereocenters. The van der Waals surface area contributed by atoms with Gasteiger partial charge < -0.3 is 4.74 Å². The number of rotatable bonds is 12. The zero-order valence-corrected chi connectivity index (χ0v) is 20.3. The summed E-state index contributed by atoms with van der Waals surface area (Å²) < 4.78 is 5.80. The first-order chi connectivity index (χ1) is 14.9. The van der Waals surface area contributed by atoms with E-state index in [1.54, 1.807) is 0 Å². The van der Waals surface area contributed by atoms with Crippen molar-refractivity contribution >= 4 is 5.90 Å². The minimum absolute atomic E-state index is 0.238. The minimum Gasteiger partial charge on any atom is -0.476 e. The Labute approximate surface area is 190 Å². The topological polar surface area (TPSA) is 21.6 Å². The van der Waals surface area contributed by atoms with Gasteiger partial charge in [-0.2, -0.15) is 0 Å². The lowest BCUT2D eigenvalue weighted by atomic mass is 10.0. The Balaban J connectivity index is 1.69. The molecule has 0 spiro atoms. The number of nitrogens with zero attached hydrogens (tertiary/aromatic N) is 1. The summed E-state index contributed by atoms with van der Waals surface area (Å²) in [5.74, 6) is 0.799. The Kier molecular flexibility index (Phi) is 11.1. The Morgan fingerprint density at radius 1 is 0.839 bits per heavy atom. The quantitative estimate of drug-likeness (QED) is 0.313. The standard InChI is InChI=1S/C29H41NO/c1-23(2)12-9-13-24(3)14-10-15-25(4)16-11-17-26(5)20-29-30-28(22-31-29)21-27-18-7-6-8-19-27/h6-8,12,14,16,18-20,28H,9-11,13,15,17,21-22H2,1-5H3/b24-14+,25-16+,26-20+/t28-/m0/s1. The fourth-order valence-electron chi connectivity index (χ4n) is 3.67. The highest BCUT2D eigenvalue weighted by Gasteiger charge is 2.17. The summed E-state index contributed by atoms with van der Waals surface area (Å²) in [5.41, 5.74) is 7.05. The van der Waals surface area contributed by atoms with Gasteiger partial charge in [0.05, 0.1) is 6.04 Å². The molecule has 0 radical (unpaired) electrons. The average Bonchev–Trinajstić information content (AvgIpc) is 3.15. The van der Waals surface area contributed by atoms with E-state index in [2.05, 4.69) is 89.3 Å². The summed E-state index contributed by atoms with van der Waals surface area (Å²) in [6.45, 7) is 11.7. The lowest BCUT2D eigenvalue weighted by molar-refractivity contribution is 0.318. The number of hydrogen-bond donors (Lipinski definition) is 0. The summed E-state index contributed by atoms with van der Waals surface area (Å²) >= 11 is 0. The molecule has 31 heavy (non-hydrogen) atoms. The van der Waals surface area contributed by atoms with Crippen LogP contribution in [-0.4, -0.2) is 18.5 Å². The van der Waals surface area contributed by atoms with Gasteiger partial charge in [-0.15, -0.1) is 0 Å². The molecule has 1 aliphatic rings. The molecule has 0 saturated carbocycles. The third-order valence-corrected chi connectivity index (χ3v) is 5.57. The van der Waals surface area contributed by atoms with Crippen LogP contribution in [0.1, 0.15) is 78.7 Å². The molecule has 1 aliphatic heterocycles. The summed E-state index contributed by atoms with van der Waals surface area (Å²) in [7, 11) is 0. The molecular formula is C29H41NO. The van der Waals surface area contributed by atoms with Gasteiger partial charge in [0, 0.05) is 0 Å². The van der Waals surface area contributed by atoms with Crippen molar-refractivity contribution in [3.05, 3.63) is 82.5 Å². The number of aliphatic imine (C=N–C) groups is 1. The van der Waals surface area contributed by atoms with Gasteiger partial charge in [-0.25, -0.2) is 4.99 Å². The maximum Gasteiger partial charge on any atom is 0.208 e. The van der Waals surface area contributed by atoms with Crippen molar-refractivity contribution < 1.29 is 4.74 Å². The Hall–Kier alpha value is -2.35. The fourth-order valence-corrected chi connectivity index (χ4v) is 3.67. The smallest absolute Gasteiger partial charge is 0.208 e. The molecule has 0 amide bonds. The van der Waals surface area contributed by atoms with Crippen LogP contribution >= 0.6 is 0 Å². The van der Waals surface area contributed by atoms with E-state index in [0.717, 1.165) is 44.4 Å². The molecule has 0 fully saturated rings. The van der Waals surface area contributed by atoms with Gasteiger partial charge in [-0.1, -0.05) is 70.9 Å². The molecule has 0 aliphatic carbocycles. The largest absolute Gasteiger partial charge is 0.476 e. The zero-order valence-electron chi connectivity index (χ0n) is 20.3. The van der Waals surface area contributed by atoms with E-state index in [-0.39, 0.29) is 6.04 Å². The van der Waals surface area contributed by atoms with Gasteiger partial charge >= 0.3 is 0 Å². The Bertz CT molecular complexity index is 820. The van der Waals surface area contributed by atoms with Gasteiger partial charge in [-0.3, -0.25) is 0 Å². The molecule has 1 heterocycles. The van der Waals surface area contributed by atoms with Crippen molar-refractivity contribution in [1.29, 1.82) is 0 Å². The van der Waals surface area contributed by atoms with Crippen LogP contribution in [0, 0.1) is 0 Å². The third-order valence-electron chi connectivity index (χ3n) is 5.57. The van der Waals surface area contributed by atoms with Crippen molar-refractivity contribution in [3.63, 3.8) is 0 Å². The van der Waals surface area contributed by atoms with Crippen LogP contribution < -0.4 is 0 Å². The number of hydrogen-bond acceptors (Lipinski definition) is 2. The van der Waals surface area contributed by atoms with E-state index in [1.807, 2.05) is 0 Å². The van der Waals surface area contributed by atoms with Gasteiger partial charge in [0.25, 0.3) is 0 Å². The fraction of sp³-hybridized carbons (Fsp3) is 0.483. The number of allylic oxidation sites excluding steroid dienone is 7. The van der Waals surface area contributed by atoms with E-state index in [0.29, 0.717) is 6.61 Å². The average molecular weight is 420 g/mol. The van der Waals surface area contributed by atoms with Crippen LogP contribution in [0.5, 0.6) is 0 Å². The highest BCUT2D eigenvalue weighted by atomic mass is 16.5. The van der Waals surface area contributed by atoms with Crippen LogP contribution in [0.3, 0.4) is 0 Å². The highest BCUT2D eigenvalue weighted by Crippen LogP contribution is 2.16. The van der Waals surface area contributed by atoms with Crippen LogP contribution in [0.25, 0.3) is 0 Å². The Morgan fingerprint density at radius 2 is 1.42 bits per heavy atom. The van der Waals surface area contributed by atoms with Crippen molar-refractivity contribution in [2.75, 3.05) is 6.61 Å². The SMILES string of the molecule is CC(C)=CCC/C(C)=C/CC/C(C)=C/CC/C(C)=C/C1=N[C@@H](Cc2ccccc2)CO1. The molecule has 1 aromatic carbocycles. The molecule has 0 bridgehead atoms. The third kappa shape index (κ3) is 11.0. The van der Waals surface area contributed by atoms with Crippen molar-refractivity contribution in [2.45, 2.75) is 85.6 Å². The van der Waals surface area contributed by atoms with Crippen LogP contribution in [0.15, 0.2) is 81.9 Å². The van der Waals surface area contributed by atoms with Crippen molar-refractivity contribution in [3.8, 4) is 0 Å². The van der Waals surface area contributed by atoms with Crippen molar-refractivity contribution in [2.24, 2.45) is 4.99 Å². The summed E-state index contributed by atoms with van der Waals surface area (Å²) in [6, 6.07) is 10.8. The lowest BCUT2D eigenvalue weighted by Gasteiger charge is -2.04.